The van der Waals surface area contributed by atoms with Crippen LogP contribution < -0.4 is 10.1 Å². The van der Waals surface area contributed by atoms with Crippen LogP contribution in [0.5, 0.6) is 5.75 Å². The van der Waals surface area contributed by atoms with E-state index < -0.39 is 10.0 Å². The Hall–Kier alpha value is -2.38. The first-order chi connectivity index (χ1) is 13.8. The zero-order valence-corrected chi connectivity index (χ0v) is 18.3. The van der Waals surface area contributed by atoms with Gasteiger partial charge < -0.3 is 10.1 Å². The molecule has 158 valence electrons. The number of carbonyl (C=O) groups is 1. The lowest BCUT2D eigenvalue weighted by molar-refractivity contribution is -0.121. The van der Waals surface area contributed by atoms with Gasteiger partial charge in [0.05, 0.1) is 18.0 Å². The van der Waals surface area contributed by atoms with Crippen molar-refractivity contribution in [1.82, 2.24) is 9.62 Å². The van der Waals surface area contributed by atoms with Crippen LogP contribution in [-0.4, -0.2) is 38.8 Å². The minimum Gasteiger partial charge on any atom is -0.496 e. The number of nitrogens with one attached hydrogen (secondary N) is 1. The number of hydrogen-bond donors (Lipinski definition) is 1. The Bertz CT molecular complexity index is 907. The third kappa shape index (κ3) is 5.81. The Morgan fingerprint density at radius 2 is 1.69 bits per heavy atom. The molecule has 0 spiro atoms. The van der Waals surface area contributed by atoms with Gasteiger partial charge in [-0.2, -0.15) is 4.31 Å². The van der Waals surface area contributed by atoms with Crippen LogP contribution in [-0.2, 0) is 21.2 Å². The van der Waals surface area contributed by atoms with E-state index in [-0.39, 0.29) is 16.8 Å². The van der Waals surface area contributed by atoms with Gasteiger partial charge in [-0.05, 0) is 42.7 Å². The molecule has 2 rings (SSSR count). The second-order valence-electron chi connectivity index (χ2n) is 6.76. The maximum Gasteiger partial charge on any atom is 0.243 e. The van der Waals surface area contributed by atoms with E-state index in [0.717, 1.165) is 16.9 Å². The van der Waals surface area contributed by atoms with Gasteiger partial charge in [-0.15, -0.1) is 0 Å². The van der Waals surface area contributed by atoms with E-state index in [9.17, 15) is 13.2 Å². The second kappa shape index (κ2) is 10.4. The smallest absolute Gasteiger partial charge is 0.243 e. The van der Waals surface area contributed by atoms with Gasteiger partial charge in [0.15, 0.2) is 0 Å². The van der Waals surface area contributed by atoms with Crippen molar-refractivity contribution in [3.63, 3.8) is 0 Å². The lowest BCUT2D eigenvalue weighted by atomic mass is 10.1. The molecule has 1 amide bonds. The number of para-hydroxylation sites is 1. The molecule has 0 bridgehead atoms. The largest absolute Gasteiger partial charge is 0.496 e. The van der Waals surface area contributed by atoms with Crippen LogP contribution >= 0.6 is 0 Å². The summed E-state index contributed by atoms with van der Waals surface area (Å²) in [5, 5.41) is 2.97. The molecule has 0 aliphatic carbocycles. The summed E-state index contributed by atoms with van der Waals surface area (Å²) in [6, 6.07) is 14.1. The normalized spacial score (nSPS) is 12.6. The standard InChI is InChI=1S/C22H30N2O4S/c1-5-24(6-2)29(26,27)20-14-11-18(12-15-20)17(3)23-22(25)16-13-19-9-7-8-10-21(19)28-4/h7-12,14-15,17H,5-6,13,16H2,1-4H3,(H,23,25). The molecule has 0 aromatic heterocycles. The van der Waals surface area contributed by atoms with Crippen LogP contribution in [0.4, 0.5) is 0 Å². The van der Waals surface area contributed by atoms with Crippen LogP contribution in [0.1, 0.15) is 44.4 Å². The SMILES string of the molecule is CCN(CC)S(=O)(=O)c1ccc(C(C)NC(=O)CCc2ccccc2OC)cc1. The number of carbonyl (C=O) groups excluding carboxylic acids is 1. The van der Waals surface area contributed by atoms with Crippen molar-refractivity contribution in [3.8, 4) is 5.75 Å². The molecular formula is C22H30N2O4S. The minimum atomic E-state index is -3.48. The first-order valence-electron chi connectivity index (χ1n) is 9.84. The van der Waals surface area contributed by atoms with Gasteiger partial charge in [-0.25, -0.2) is 8.42 Å². The molecule has 0 aliphatic heterocycles. The summed E-state index contributed by atoms with van der Waals surface area (Å²) >= 11 is 0. The third-order valence-electron chi connectivity index (χ3n) is 4.91. The molecule has 0 radical (unpaired) electrons. The number of methoxy groups -OCH3 is 1. The maximum atomic E-state index is 12.6. The van der Waals surface area contributed by atoms with Crippen LogP contribution in [0.25, 0.3) is 0 Å². The van der Waals surface area contributed by atoms with Crippen molar-refractivity contribution >= 4 is 15.9 Å². The summed E-state index contributed by atoms with van der Waals surface area (Å²) in [5.41, 5.74) is 1.85. The molecule has 2 aromatic carbocycles. The first kappa shape index (κ1) is 22.9. The van der Waals surface area contributed by atoms with Gasteiger partial charge in [0.1, 0.15) is 5.75 Å². The summed E-state index contributed by atoms with van der Waals surface area (Å²) in [6.45, 7) is 6.38. The Balaban J connectivity index is 1.98. The molecule has 0 heterocycles. The van der Waals surface area contributed by atoms with Gasteiger partial charge in [0.25, 0.3) is 0 Å². The van der Waals surface area contributed by atoms with Crippen molar-refractivity contribution in [2.75, 3.05) is 20.2 Å². The van der Waals surface area contributed by atoms with Crippen molar-refractivity contribution in [1.29, 1.82) is 0 Å². The van der Waals surface area contributed by atoms with Crippen molar-refractivity contribution in [2.45, 2.75) is 44.6 Å². The number of ether oxygens (including phenoxy) is 1. The fourth-order valence-electron chi connectivity index (χ4n) is 3.20. The van der Waals surface area contributed by atoms with Crippen LogP contribution in [0.2, 0.25) is 0 Å². The van der Waals surface area contributed by atoms with E-state index >= 15 is 0 Å². The van der Waals surface area contributed by atoms with Crippen LogP contribution in [0.15, 0.2) is 53.4 Å². The van der Waals surface area contributed by atoms with Gasteiger partial charge in [0, 0.05) is 19.5 Å². The van der Waals surface area contributed by atoms with Crippen LogP contribution in [0, 0.1) is 0 Å². The third-order valence-corrected chi connectivity index (χ3v) is 6.98. The molecule has 29 heavy (non-hydrogen) atoms. The van der Waals surface area contributed by atoms with E-state index in [1.54, 1.807) is 31.4 Å². The lowest BCUT2D eigenvalue weighted by Gasteiger charge is -2.19. The average molecular weight is 419 g/mol. The molecule has 2 aromatic rings. The van der Waals surface area contributed by atoms with E-state index in [4.69, 9.17) is 4.74 Å². The van der Waals surface area contributed by atoms with E-state index in [2.05, 4.69) is 5.32 Å². The summed E-state index contributed by atoms with van der Waals surface area (Å²) in [6.07, 6.45) is 0.933. The number of sulfonamides is 1. The number of nitrogens with zero attached hydrogens (tertiary/aromatic N) is 1. The highest BCUT2D eigenvalue weighted by atomic mass is 32.2. The van der Waals surface area contributed by atoms with Crippen LogP contribution in [0.3, 0.4) is 0 Å². The molecule has 6 nitrogen and oxygen atoms in total. The quantitative estimate of drug-likeness (QED) is 0.640. The Kier molecular flexibility index (Phi) is 8.22. The number of hydrogen-bond acceptors (Lipinski definition) is 4. The summed E-state index contributed by atoms with van der Waals surface area (Å²) in [7, 11) is -1.86. The fourth-order valence-corrected chi connectivity index (χ4v) is 4.65. The molecule has 1 atom stereocenters. The molecule has 0 aliphatic rings. The summed E-state index contributed by atoms with van der Waals surface area (Å²) < 4.78 is 31.9. The molecule has 0 saturated carbocycles. The Labute approximate surface area is 173 Å². The van der Waals surface area contributed by atoms with E-state index in [1.165, 1.54) is 4.31 Å². The zero-order chi connectivity index (χ0) is 21.4. The molecule has 1 N–H and O–H groups in total. The number of benzene rings is 2. The van der Waals surface area contributed by atoms with Crippen molar-refractivity contribution in [2.24, 2.45) is 0 Å². The zero-order valence-electron chi connectivity index (χ0n) is 17.5. The second-order valence-corrected chi connectivity index (χ2v) is 8.70. The number of aryl methyl sites for hydroxylation is 1. The highest BCUT2D eigenvalue weighted by Gasteiger charge is 2.21. The predicted octanol–water partition coefficient (Wildman–Crippen LogP) is 3.54. The monoisotopic (exact) mass is 418 g/mol. The Morgan fingerprint density at radius 3 is 2.28 bits per heavy atom. The number of amides is 1. The maximum absolute atomic E-state index is 12.6. The highest BCUT2D eigenvalue weighted by molar-refractivity contribution is 7.89. The van der Waals surface area contributed by atoms with Crippen molar-refractivity contribution < 1.29 is 17.9 Å². The minimum absolute atomic E-state index is 0.0664. The first-order valence-corrected chi connectivity index (χ1v) is 11.3. The lowest BCUT2D eigenvalue weighted by Crippen LogP contribution is -2.30. The molecule has 0 saturated heterocycles. The molecule has 0 fully saturated rings. The van der Waals surface area contributed by atoms with E-state index in [1.807, 2.05) is 45.0 Å². The Morgan fingerprint density at radius 1 is 1.07 bits per heavy atom. The van der Waals surface area contributed by atoms with Gasteiger partial charge in [0.2, 0.25) is 15.9 Å². The summed E-state index contributed by atoms with van der Waals surface area (Å²) in [4.78, 5) is 12.6. The molecule has 7 heteroatoms. The topological polar surface area (TPSA) is 75.7 Å². The number of rotatable bonds is 10. The van der Waals surface area contributed by atoms with Crippen molar-refractivity contribution in [3.05, 3.63) is 59.7 Å². The summed E-state index contributed by atoms with van der Waals surface area (Å²) in [5.74, 6) is 0.710. The molecular weight excluding hydrogens is 388 g/mol. The van der Waals surface area contributed by atoms with E-state index in [0.29, 0.717) is 25.9 Å². The highest BCUT2D eigenvalue weighted by Crippen LogP contribution is 2.21. The predicted molar refractivity (Wildman–Crippen MR) is 114 cm³/mol. The molecule has 1 unspecified atom stereocenters. The van der Waals surface area contributed by atoms with Gasteiger partial charge >= 0.3 is 0 Å². The van der Waals surface area contributed by atoms with Gasteiger partial charge in [-0.3, -0.25) is 4.79 Å². The van der Waals surface area contributed by atoms with Gasteiger partial charge in [-0.1, -0.05) is 44.2 Å². The average Bonchev–Trinajstić information content (AvgIpc) is 2.73. The fraction of sp³-hybridized carbons (Fsp3) is 0.409.